The Hall–Kier alpha value is -0.520. The van der Waals surface area contributed by atoms with Crippen LogP contribution in [0.25, 0.3) is 10.4 Å². The van der Waals surface area contributed by atoms with Crippen molar-refractivity contribution in [2.45, 2.75) is 30.9 Å². The number of hydrogen-bond acceptors (Lipinski definition) is 3. The van der Waals surface area contributed by atoms with E-state index in [-0.39, 0.29) is 12.5 Å². The fourth-order valence-electron chi connectivity index (χ4n) is 1.28. The van der Waals surface area contributed by atoms with Gasteiger partial charge in [-0.1, -0.05) is 18.5 Å². The van der Waals surface area contributed by atoms with Gasteiger partial charge in [0.2, 0.25) is 0 Å². The lowest BCUT2D eigenvalue weighted by Crippen LogP contribution is -2.29. The van der Waals surface area contributed by atoms with Gasteiger partial charge < -0.3 is 5.11 Å². The van der Waals surface area contributed by atoms with Gasteiger partial charge in [-0.15, -0.1) is 0 Å². The summed E-state index contributed by atoms with van der Waals surface area (Å²) in [6.07, 6.45) is 0.0812. The van der Waals surface area contributed by atoms with Crippen molar-refractivity contribution in [3.05, 3.63) is 10.4 Å². The number of halogens is 2. The van der Waals surface area contributed by atoms with Crippen molar-refractivity contribution in [2.75, 3.05) is 13.2 Å². The molecule has 0 aromatic heterocycles. The Balaban J connectivity index is 4.31. The van der Waals surface area contributed by atoms with E-state index in [1.807, 2.05) is 0 Å². The third-order valence-electron chi connectivity index (χ3n) is 2.18. The molecule has 0 aliphatic rings. The summed E-state index contributed by atoms with van der Waals surface area (Å²) in [5.41, 5.74) is 7.95. The Bertz CT molecular complexity index is 234. The van der Waals surface area contributed by atoms with E-state index in [1.165, 1.54) is 0 Å². The van der Waals surface area contributed by atoms with Gasteiger partial charge in [0.1, 0.15) is 0 Å². The fourth-order valence-corrected chi connectivity index (χ4v) is 1.60. The molecule has 0 bridgehead atoms. The van der Waals surface area contributed by atoms with Crippen LogP contribution in [0, 0.1) is 5.92 Å². The normalized spacial score (nSPS) is 15.5. The van der Waals surface area contributed by atoms with E-state index >= 15 is 0 Å². The highest BCUT2D eigenvalue weighted by Gasteiger charge is 2.33. The van der Waals surface area contributed by atoms with Crippen LogP contribution in [0.2, 0.25) is 0 Å². The summed E-state index contributed by atoms with van der Waals surface area (Å²) >= 11 is 4.02. The van der Waals surface area contributed by atoms with Crippen LogP contribution >= 0.6 is 12.6 Å². The molecule has 2 atom stereocenters. The number of rotatable bonds is 7. The smallest absolute Gasteiger partial charge is 0.254 e. The van der Waals surface area contributed by atoms with E-state index in [9.17, 15) is 8.78 Å². The van der Waals surface area contributed by atoms with E-state index in [4.69, 9.17) is 10.6 Å². The Kier molecular flexibility index (Phi) is 6.63. The Labute approximate surface area is 92.7 Å². The number of aliphatic hydroxyl groups excluding tert-OH is 1. The molecule has 0 radical (unpaired) electrons. The summed E-state index contributed by atoms with van der Waals surface area (Å²) in [5.74, 6) is -3.41. The van der Waals surface area contributed by atoms with Crippen LogP contribution < -0.4 is 0 Å². The molecule has 1 unspecified atom stereocenters. The van der Waals surface area contributed by atoms with Gasteiger partial charge in [-0.3, -0.25) is 0 Å². The third-order valence-corrected chi connectivity index (χ3v) is 2.77. The minimum atomic E-state index is -3.02. The number of aliphatic hydroxyl groups is 1. The second kappa shape index (κ2) is 6.87. The molecule has 7 heteroatoms. The molecule has 4 nitrogen and oxygen atoms in total. The molecule has 0 fully saturated rings. The zero-order valence-electron chi connectivity index (χ0n) is 8.48. The predicted molar refractivity (Wildman–Crippen MR) is 57.2 cm³/mol. The van der Waals surface area contributed by atoms with Gasteiger partial charge in [-0.05, 0) is 11.4 Å². The molecule has 0 aromatic rings. The van der Waals surface area contributed by atoms with Gasteiger partial charge in [0, 0.05) is 16.6 Å². The topological polar surface area (TPSA) is 69.0 Å². The van der Waals surface area contributed by atoms with E-state index < -0.39 is 24.1 Å². The van der Waals surface area contributed by atoms with Crippen molar-refractivity contribution in [3.8, 4) is 0 Å². The zero-order valence-corrected chi connectivity index (χ0v) is 9.37. The third kappa shape index (κ3) is 5.81. The zero-order chi connectivity index (χ0) is 11.9. The van der Waals surface area contributed by atoms with Crippen molar-refractivity contribution >= 4 is 12.6 Å². The summed E-state index contributed by atoms with van der Waals surface area (Å²) in [6.45, 7) is 0.679. The Morgan fingerprint density at radius 1 is 1.60 bits per heavy atom. The first kappa shape index (κ1) is 14.5. The second-order valence-corrected chi connectivity index (χ2v) is 4.03. The molecule has 0 aliphatic carbocycles. The van der Waals surface area contributed by atoms with Gasteiger partial charge in [0.15, 0.2) is 0 Å². The van der Waals surface area contributed by atoms with E-state index in [0.717, 1.165) is 0 Å². The van der Waals surface area contributed by atoms with Gasteiger partial charge in [-0.25, -0.2) is 8.78 Å². The van der Waals surface area contributed by atoms with Crippen LogP contribution in [0.5, 0.6) is 0 Å². The molecular weight excluding hydrogens is 224 g/mol. The first-order chi connectivity index (χ1) is 6.96. The first-order valence-electron chi connectivity index (χ1n) is 4.64. The highest BCUT2D eigenvalue weighted by molar-refractivity contribution is 7.81. The van der Waals surface area contributed by atoms with E-state index in [2.05, 4.69) is 22.7 Å². The molecule has 88 valence electrons. The first-order valence-corrected chi connectivity index (χ1v) is 5.16. The average Bonchev–Trinajstić information content (AvgIpc) is 2.22. The van der Waals surface area contributed by atoms with Crippen molar-refractivity contribution in [1.29, 1.82) is 0 Å². The van der Waals surface area contributed by atoms with E-state index in [0.29, 0.717) is 6.42 Å². The lowest BCUT2D eigenvalue weighted by molar-refractivity contribution is -0.0158. The molecule has 15 heavy (non-hydrogen) atoms. The molecule has 0 aromatic carbocycles. The molecule has 0 rings (SSSR count). The lowest BCUT2D eigenvalue weighted by Gasteiger charge is -2.24. The monoisotopic (exact) mass is 239 g/mol. The van der Waals surface area contributed by atoms with Gasteiger partial charge in [-0.2, -0.15) is 12.6 Å². The van der Waals surface area contributed by atoms with Gasteiger partial charge in [0.25, 0.3) is 5.92 Å². The summed E-state index contributed by atoms with van der Waals surface area (Å²) in [6, 6.07) is 0. The SMILES string of the molecule is CC[C@@H](CC(F)(F)CN=[N+]=[N-])C(S)CO. The van der Waals surface area contributed by atoms with E-state index in [1.54, 1.807) is 6.92 Å². The van der Waals surface area contributed by atoms with Crippen molar-refractivity contribution < 1.29 is 13.9 Å². The van der Waals surface area contributed by atoms with Crippen LogP contribution in [0.15, 0.2) is 5.11 Å². The van der Waals surface area contributed by atoms with Gasteiger partial charge in [0.05, 0.1) is 13.2 Å². The van der Waals surface area contributed by atoms with Crippen LogP contribution in [0.4, 0.5) is 8.78 Å². The van der Waals surface area contributed by atoms with Crippen molar-refractivity contribution in [1.82, 2.24) is 0 Å². The minimum absolute atomic E-state index is 0.237. The molecular formula is C8H15F2N3OS. The van der Waals surface area contributed by atoms with Crippen LogP contribution in [-0.4, -0.2) is 29.4 Å². The average molecular weight is 239 g/mol. The molecule has 0 saturated carbocycles. The molecule has 0 saturated heterocycles. The Morgan fingerprint density at radius 2 is 2.20 bits per heavy atom. The maximum Gasteiger partial charge on any atom is 0.254 e. The minimum Gasteiger partial charge on any atom is -0.395 e. The number of nitrogens with zero attached hydrogens (tertiary/aromatic N) is 3. The number of thiol groups is 1. The number of hydrogen-bond donors (Lipinski definition) is 2. The fraction of sp³-hybridized carbons (Fsp3) is 1.00. The largest absolute Gasteiger partial charge is 0.395 e. The van der Waals surface area contributed by atoms with Crippen molar-refractivity contribution in [2.24, 2.45) is 11.0 Å². The standard InChI is InChI=1S/C8H15F2N3OS/c1-2-6(7(15)4-14)3-8(9,10)5-12-13-11/h6-7,14-15H,2-5H2,1H3/t6-,7?/m0/s1. The number of azide groups is 1. The molecule has 0 amide bonds. The summed E-state index contributed by atoms with van der Waals surface area (Å²) in [7, 11) is 0. The Morgan fingerprint density at radius 3 is 2.60 bits per heavy atom. The van der Waals surface area contributed by atoms with Crippen LogP contribution in [0.1, 0.15) is 19.8 Å². The highest BCUT2D eigenvalue weighted by Crippen LogP contribution is 2.29. The molecule has 1 N–H and O–H groups in total. The molecule has 0 aliphatic heterocycles. The summed E-state index contributed by atoms with van der Waals surface area (Å²) < 4.78 is 26.3. The maximum atomic E-state index is 13.2. The van der Waals surface area contributed by atoms with Gasteiger partial charge >= 0.3 is 0 Å². The molecule has 0 heterocycles. The summed E-state index contributed by atoms with van der Waals surface area (Å²) in [5, 5.41) is 11.2. The lowest BCUT2D eigenvalue weighted by atomic mass is 9.94. The maximum absolute atomic E-state index is 13.2. The van der Waals surface area contributed by atoms with Crippen molar-refractivity contribution in [3.63, 3.8) is 0 Å². The predicted octanol–water partition coefficient (Wildman–Crippen LogP) is 2.64. The summed E-state index contributed by atoms with van der Waals surface area (Å²) in [4.78, 5) is 2.30. The number of alkyl halides is 2. The highest BCUT2D eigenvalue weighted by atomic mass is 32.1. The second-order valence-electron chi connectivity index (χ2n) is 3.37. The van der Waals surface area contributed by atoms with Crippen LogP contribution in [0.3, 0.4) is 0 Å². The quantitative estimate of drug-likeness (QED) is 0.305. The van der Waals surface area contributed by atoms with Crippen LogP contribution in [-0.2, 0) is 0 Å². The molecule has 0 spiro atoms.